The molecule has 1 heterocycles. The van der Waals surface area contributed by atoms with E-state index < -0.39 is 11.9 Å². The quantitative estimate of drug-likeness (QED) is 0.660. The Bertz CT molecular complexity index is 1040. The van der Waals surface area contributed by atoms with Crippen molar-refractivity contribution in [1.82, 2.24) is 4.98 Å². The second kappa shape index (κ2) is 7.68. The lowest BCUT2D eigenvalue weighted by Crippen LogP contribution is -2.21. The van der Waals surface area contributed by atoms with Gasteiger partial charge in [0, 0.05) is 17.0 Å². The number of anilines is 1. The summed E-state index contributed by atoms with van der Waals surface area (Å²) < 4.78 is 10.5. The number of amides is 1. The Hall–Kier alpha value is -3.41. The number of esters is 1. The molecule has 28 heavy (non-hydrogen) atoms. The molecule has 1 saturated carbocycles. The van der Waals surface area contributed by atoms with Crippen LogP contribution < -0.4 is 10.1 Å². The van der Waals surface area contributed by atoms with Gasteiger partial charge in [0.05, 0.1) is 23.9 Å². The van der Waals surface area contributed by atoms with Crippen LogP contribution in [0.2, 0.25) is 0 Å². The third-order valence-electron chi connectivity index (χ3n) is 4.67. The van der Waals surface area contributed by atoms with Crippen molar-refractivity contribution in [1.29, 1.82) is 0 Å². The minimum absolute atomic E-state index is 0.383. The zero-order chi connectivity index (χ0) is 19.5. The van der Waals surface area contributed by atoms with E-state index in [-0.39, 0.29) is 6.61 Å². The Morgan fingerprint density at radius 2 is 1.86 bits per heavy atom. The fourth-order valence-electron chi connectivity index (χ4n) is 3.10. The normalized spacial score (nSPS) is 13.2. The minimum atomic E-state index is -0.532. The zero-order valence-corrected chi connectivity index (χ0v) is 15.5. The highest BCUT2D eigenvalue weighted by atomic mass is 16.5. The summed E-state index contributed by atoms with van der Waals surface area (Å²) in [5.41, 5.74) is 2.63. The number of para-hydroxylation sites is 3. The number of benzene rings is 2. The molecule has 1 aliphatic rings. The van der Waals surface area contributed by atoms with E-state index in [0.717, 1.165) is 29.4 Å². The second-order valence-electron chi connectivity index (χ2n) is 6.71. The zero-order valence-electron chi connectivity index (χ0n) is 15.5. The Morgan fingerprint density at radius 3 is 2.64 bits per heavy atom. The largest absolute Gasteiger partial charge is 0.495 e. The lowest BCUT2D eigenvalue weighted by Gasteiger charge is -2.11. The Balaban J connectivity index is 1.48. The highest BCUT2D eigenvalue weighted by molar-refractivity contribution is 6.04. The molecule has 0 bridgehead atoms. The number of methoxy groups -OCH3 is 1. The molecule has 3 aromatic rings. The standard InChI is InChI=1S/C22H20N2O4/c1-27-20-9-5-4-8-18(20)24-21(25)13-28-22(26)16-12-19(14-10-11-14)23-17-7-3-2-6-15(16)17/h2-9,12,14H,10-11,13H2,1H3,(H,24,25). The van der Waals surface area contributed by atoms with Crippen LogP contribution in [0.4, 0.5) is 5.69 Å². The van der Waals surface area contributed by atoms with Gasteiger partial charge in [-0.15, -0.1) is 0 Å². The maximum atomic E-state index is 12.7. The van der Waals surface area contributed by atoms with Crippen LogP contribution in [-0.4, -0.2) is 30.6 Å². The van der Waals surface area contributed by atoms with Gasteiger partial charge in [-0.2, -0.15) is 0 Å². The molecular weight excluding hydrogens is 356 g/mol. The third-order valence-corrected chi connectivity index (χ3v) is 4.67. The molecule has 1 N–H and O–H groups in total. The highest BCUT2D eigenvalue weighted by Gasteiger charge is 2.27. The molecule has 1 aromatic heterocycles. The van der Waals surface area contributed by atoms with E-state index in [1.807, 2.05) is 24.3 Å². The first-order chi connectivity index (χ1) is 13.7. The summed E-state index contributed by atoms with van der Waals surface area (Å²) in [6.07, 6.45) is 2.17. The van der Waals surface area contributed by atoms with E-state index in [4.69, 9.17) is 9.47 Å². The molecule has 1 amide bonds. The summed E-state index contributed by atoms with van der Waals surface area (Å²) in [6.45, 7) is -0.383. The van der Waals surface area contributed by atoms with Crippen LogP contribution in [0.1, 0.15) is 34.8 Å². The maximum absolute atomic E-state index is 12.7. The SMILES string of the molecule is COc1ccccc1NC(=O)COC(=O)c1cc(C2CC2)nc2ccccc12. The van der Waals surface area contributed by atoms with Gasteiger partial charge in [0.2, 0.25) is 0 Å². The average Bonchev–Trinajstić information content (AvgIpc) is 3.57. The molecule has 6 nitrogen and oxygen atoms in total. The van der Waals surface area contributed by atoms with Gasteiger partial charge in [-0.25, -0.2) is 4.79 Å². The molecule has 0 aliphatic heterocycles. The number of carbonyl (C=O) groups is 2. The topological polar surface area (TPSA) is 77.5 Å². The van der Waals surface area contributed by atoms with E-state index in [9.17, 15) is 9.59 Å². The Labute approximate surface area is 162 Å². The van der Waals surface area contributed by atoms with Gasteiger partial charge >= 0.3 is 5.97 Å². The molecule has 4 rings (SSSR count). The van der Waals surface area contributed by atoms with Crippen molar-refractivity contribution >= 4 is 28.5 Å². The number of carbonyl (C=O) groups excluding carboxylic acids is 2. The Kier molecular flexibility index (Phi) is 4.93. The summed E-state index contributed by atoms with van der Waals surface area (Å²) in [4.78, 5) is 29.5. The first-order valence-electron chi connectivity index (χ1n) is 9.15. The van der Waals surface area contributed by atoms with Crippen LogP contribution in [0.25, 0.3) is 10.9 Å². The van der Waals surface area contributed by atoms with E-state index in [2.05, 4.69) is 10.3 Å². The molecule has 142 valence electrons. The molecule has 1 aliphatic carbocycles. The average molecular weight is 376 g/mol. The molecule has 0 radical (unpaired) electrons. The number of nitrogens with zero attached hydrogens (tertiary/aromatic N) is 1. The van der Waals surface area contributed by atoms with Gasteiger partial charge in [-0.05, 0) is 37.1 Å². The fraction of sp³-hybridized carbons (Fsp3) is 0.227. The number of pyridine rings is 1. The van der Waals surface area contributed by atoms with Crippen molar-refractivity contribution < 1.29 is 19.1 Å². The van der Waals surface area contributed by atoms with Crippen LogP contribution in [-0.2, 0) is 9.53 Å². The summed E-state index contributed by atoms with van der Waals surface area (Å²) in [5.74, 6) is -0.0179. The Morgan fingerprint density at radius 1 is 1.11 bits per heavy atom. The van der Waals surface area contributed by atoms with Crippen LogP contribution in [0.3, 0.4) is 0 Å². The van der Waals surface area contributed by atoms with E-state index in [1.165, 1.54) is 7.11 Å². The molecular formula is C22H20N2O4. The van der Waals surface area contributed by atoms with E-state index in [1.54, 1.807) is 30.3 Å². The van der Waals surface area contributed by atoms with Crippen molar-refractivity contribution in [3.05, 3.63) is 65.9 Å². The number of fused-ring (bicyclic) bond motifs is 1. The van der Waals surface area contributed by atoms with Crippen LogP contribution in [0.15, 0.2) is 54.6 Å². The van der Waals surface area contributed by atoms with Gasteiger partial charge in [-0.1, -0.05) is 30.3 Å². The molecule has 0 spiro atoms. The first kappa shape index (κ1) is 18.0. The summed E-state index contributed by atoms with van der Waals surface area (Å²) >= 11 is 0. The maximum Gasteiger partial charge on any atom is 0.339 e. The number of hydrogen-bond donors (Lipinski definition) is 1. The molecule has 0 saturated heterocycles. The lowest BCUT2D eigenvalue weighted by atomic mass is 10.1. The monoisotopic (exact) mass is 376 g/mol. The highest BCUT2D eigenvalue weighted by Crippen LogP contribution is 2.40. The van der Waals surface area contributed by atoms with E-state index >= 15 is 0 Å². The van der Waals surface area contributed by atoms with Gasteiger partial charge < -0.3 is 14.8 Å². The predicted molar refractivity (Wildman–Crippen MR) is 106 cm³/mol. The summed E-state index contributed by atoms with van der Waals surface area (Å²) in [5, 5.41) is 3.42. The predicted octanol–water partition coefficient (Wildman–Crippen LogP) is 3.92. The number of ether oxygens (including phenoxy) is 2. The number of rotatable bonds is 6. The molecule has 2 aromatic carbocycles. The summed E-state index contributed by atoms with van der Waals surface area (Å²) in [7, 11) is 1.52. The van der Waals surface area contributed by atoms with Crippen molar-refractivity contribution in [3.63, 3.8) is 0 Å². The van der Waals surface area contributed by atoms with Crippen molar-refractivity contribution in [2.24, 2.45) is 0 Å². The van der Waals surface area contributed by atoms with Gasteiger partial charge in [0.25, 0.3) is 5.91 Å². The fourth-order valence-corrected chi connectivity index (χ4v) is 3.10. The minimum Gasteiger partial charge on any atom is -0.495 e. The van der Waals surface area contributed by atoms with Gasteiger partial charge in [0.1, 0.15) is 5.75 Å². The van der Waals surface area contributed by atoms with Gasteiger partial charge in [0.15, 0.2) is 6.61 Å². The smallest absolute Gasteiger partial charge is 0.339 e. The van der Waals surface area contributed by atoms with Crippen molar-refractivity contribution in [3.8, 4) is 5.75 Å². The number of nitrogens with one attached hydrogen (secondary N) is 1. The second-order valence-corrected chi connectivity index (χ2v) is 6.71. The molecule has 0 atom stereocenters. The van der Waals surface area contributed by atoms with Gasteiger partial charge in [-0.3, -0.25) is 9.78 Å². The third kappa shape index (κ3) is 3.81. The van der Waals surface area contributed by atoms with Crippen LogP contribution >= 0.6 is 0 Å². The number of aromatic nitrogens is 1. The van der Waals surface area contributed by atoms with Crippen LogP contribution in [0, 0.1) is 0 Å². The molecule has 1 fully saturated rings. The summed E-state index contributed by atoms with van der Waals surface area (Å²) in [6, 6.07) is 16.3. The molecule has 0 unspecified atom stereocenters. The van der Waals surface area contributed by atoms with Crippen LogP contribution in [0.5, 0.6) is 5.75 Å². The van der Waals surface area contributed by atoms with Crippen molar-refractivity contribution in [2.75, 3.05) is 19.0 Å². The molecule has 6 heteroatoms. The van der Waals surface area contributed by atoms with E-state index in [0.29, 0.717) is 22.9 Å². The number of hydrogen-bond acceptors (Lipinski definition) is 5. The van der Waals surface area contributed by atoms with Crippen molar-refractivity contribution in [2.45, 2.75) is 18.8 Å². The lowest BCUT2D eigenvalue weighted by molar-refractivity contribution is -0.119. The first-order valence-corrected chi connectivity index (χ1v) is 9.15.